The fraction of sp³-hybridized carbons (Fsp3) is 0.538. The van der Waals surface area contributed by atoms with Crippen molar-refractivity contribution in [2.75, 3.05) is 5.73 Å². The zero-order chi connectivity index (χ0) is 13.4. The molecule has 3 rings (SSSR count). The van der Waals surface area contributed by atoms with Gasteiger partial charge < -0.3 is 10.8 Å². The van der Waals surface area contributed by atoms with Crippen LogP contribution in [-0.2, 0) is 0 Å². The first-order valence-electron chi connectivity index (χ1n) is 6.64. The van der Waals surface area contributed by atoms with Crippen molar-refractivity contribution in [3.8, 4) is 0 Å². The van der Waals surface area contributed by atoms with Crippen molar-refractivity contribution in [1.82, 2.24) is 14.5 Å². The van der Waals surface area contributed by atoms with Gasteiger partial charge in [-0.1, -0.05) is 19.3 Å². The maximum atomic E-state index is 10.3. The highest BCUT2D eigenvalue weighted by molar-refractivity contribution is 9.10. The van der Waals surface area contributed by atoms with Crippen molar-refractivity contribution in [1.29, 1.82) is 0 Å². The number of pyridine rings is 1. The normalized spacial score (nSPS) is 24.5. The van der Waals surface area contributed by atoms with E-state index in [0.717, 1.165) is 41.3 Å². The molecular formula is C13H17BrN4O. The van der Waals surface area contributed by atoms with Crippen molar-refractivity contribution < 1.29 is 5.11 Å². The number of aliphatic hydroxyl groups excluding tert-OH is 1. The summed E-state index contributed by atoms with van der Waals surface area (Å²) in [5.41, 5.74) is 7.56. The van der Waals surface area contributed by atoms with Gasteiger partial charge in [0.25, 0.3) is 0 Å². The van der Waals surface area contributed by atoms with Crippen LogP contribution in [0.4, 0.5) is 5.95 Å². The van der Waals surface area contributed by atoms with Crippen molar-refractivity contribution >= 4 is 33.0 Å². The van der Waals surface area contributed by atoms with Crippen LogP contribution in [0.25, 0.3) is 11.2 Å². The van der Waals surface area contributed by atoms with Gasteiger partial charge in [-0.05, 0) is 34.8 Å². The molecule has 1 aliphatic carbocycles. The zero-order valence-electron chi connectivity index (χ0n) is 10.6. The molecule has 2 aromatic rings. The highest BCUT2D eigenvalue weighted by Crippen LogP contribution is 2.32. The quantitative estimate of drug-likeness (QED) is 0.790. The van der Waals surface area contributed by atoms with Crippen molar-refractivity contribution in [3.63, 3.8) is 0 Å². The lowest BCUT2D eigenvalue weighted by atomic mass is 10.1. The van der Waals surface area contributed by atoms with Crippen LogP contribution in [0, 0.1) is 0 Å². The summed E-state index contributed by atoms with van der Waals surface area (Å²) in [6, 6.07) is 1.89. The summed E-state index contributed by atoms with van der Waals surface area (Å²) in [4.78, 5) is 8.76. The first-order chi connectivity index (χ1) is 9.16. The zero-order valence-corrected chi connectivity index (χ0v) is 12.2. The van der Waals surface area contributed by atoms with E-state index in [4.69, 9.17) is 5.73 Å². The molecule has 3 N–H and O–H groups in total. The average Bonchev–Trinajstić information content (AvgIpc) is 2.54. The Morgan fingerprint density at radius 1 is 1.32 bits per heavy atom. The molecular weight excluding hydrogens is 308 g/mol. The van der Waals surface area contributed by atoms with E-state index in [0.29, 0.717) is 5.95 Å². The number of rotatable bonds is 1. The van der Waals surface area contributed by atoms with E-state index in [9.17, 15) is 5.11 Å². The fourth-order valence-electron chi connectivity index (χ4n) is 2.87. The van der Waals surface area contributed by atoms with Crippen LogP contribution in [0.15, 0.2) is 16.7 Å². The highest BCUT2D eigenvalue weighted by Gasteiger charge is 2.27. The highest BCUT2D eigenvalue weighted by atomic mass is 79.9. The first kappa shape index (κ1) is 12.9. The predicted octanol–water partition coefficient (Wildman–Crippen LogP) is 2.64. The number of anilines is 1. The summed E-state index contributed by atoms with van der Waals surface area (Å²) < 4.78 is 2.78. The van der Waals surface area contributed by atoms with Crippen LogP contribution >= 0.6 is 15.9 Å². The van der Waals surface area contributed by atoms with Gasteiger partial charge in [0.05, 0.1) is 12.1 Å². The van der Waals surface area contributed by atoms with Gasteiger partial charge in [-0.2, -0.15) is 0 Å². The van der Waals surface area contributed by atoms with Crippen LogP contribution in [0.2, 0.25) is 0 Å². The fourth-order valence-corrected chi connectivity index (χ4v) is 3.19. The van der Waals surface area contributed by atoms with Crippen LogP contribution in [0.3, 0.4) is 0 Å². The molecule has 0 saturated heterocycles. The predicted molar refractivity (Wildman–Crippen MR) is 77.8 cm³/mol. The third-order valence-electron chi connectivity index (χ3n) is 3.80. The van der Waals surface area contributed by atoms with Gasteiger partial charge in [-0.25, -0.2) is 9.97 Å². The maximum absolute atomic E-state index is 10.3. The summed E-state index contributed by atoms with van der Waals surface area (Å²) in [6.07, 6.45) is 6.46. The van der Waals surface area contributed by atoms with Gasteiger partial charge in [-0.3, -0.25) is 4.57 Å². The van der Waals surface area contributed by atoms with Crippen LogP contribution in [0.1, 0.15) is 38.1 Å². The Kier molecular flexibility index (Phi) is 3.45. The smallest absolute Gasteiger partial charge is 0.202 e. The molecule has 2 atom stereocenters. The number of imidazole rings is 1. The SMILES string of the molecule is Nc1nc2cc(Br)cnc2n1C1CCCCCC1O. The molecule has 6 heteroatoms. The number of aliphatic hydroxyl groups is 1. The average molecular weight is 325 g/mol. The van der Waals surface area contributed by atoms with Crippen LogP contribution in [-0.4, -0.2) is 25.7 Å². The molecule has 102 valence electrons. The monoisotopic (exact) mass is 324 g/mol. The second-order valence-corrected chi connectivity index (χ2v) is 6.02. The topological polar surface area (TPSA) is 77.0 Å². The van der Waals surface area contributed by atoms with Gasteiger partial charge >= 0.3 is 0 Å². The maximum Gasteiger partial charge on any atom is 0.202 e. The summed E-state index contributed by atoms with van der Waals surface area (Å²) in [5, 5.41) is 10.3. The van der Waals surface area contributed by atoms with E-state index in [1.807, 2.05) is 10.6 Å². The van der Waals surface area contributed by atoms with Gasteiger partial charge in [0.2, 0.25) is 5.95 Å². The summed E-state index contributed by atoms with van der Waals surface area (Å²) in [6.45, 7) is 0. The van der Waals surface area contributed by atoms with Gasteiger partial charge in [0.1, 0.15) is 5.52 Å². The lowest BCUT2D eigenvalue weighted by Gasteiger charge is -2.23. The first-order valence-corrected chi connectivity index (χ1v) is 7.43. The Morgan fingerprint density at radius 3 is 2.95 bits per heavy atom. The molecule has 0 spiro atoms. The number of halogens is 1. The third-order valence-corrected chi connectivity index (χ3v) is 4.23. The number of nitrogen functional groups attached to an aromatic ring is 1. The Balaban J connectivity index is 2.10. The molecule has 0 amide bonds. The lowest BCUT2D eigenvalue weighted by Crippen LogP contribution is -2.24. The summed E-state index contributed by atoms with van der Waals surface area (Å²) in [5.74, 6) is 0.437. The molecule has 2 aromatic heterocycles. The van der Waals surface area contributed by atoms with E-state index in [1.165, 1.54) is 6.42 Å². The van der Waals surface area contributed by atoms with E-state index >= 15 is 0 Å². The number of fused-ring (bicyclic) bond motifs is 1. The second kappa shape index (κ2) is 5.09. The summed E-state index contributed by atoms with van der Waals surface area (Å²) >= 11 is 3.38. The molecule has 0 radical (unpaired) electrons. The van der Waals surface area contributed by atoms with Crippen LogP contribution < -0.4 is 5.73 Å². The number of hydrogen-bond acceptors (Lipinski definition) is 4. The van der Waals surface area contributed by atoms with E-state index in [-0.39, 0.29) is 12.1 Å². The third kappa shape index (κ3) is 2.34. The minimum atomic E-state index is -0.368. The van der Waals surface area contributed by atoms with Crippen molar-refractivity contribution in [2.24, 2.45) is 0 Å². The van der Waals surface area contributed by atoms with E-state index < -0.39 is 0 Å². The van der Waals surface area contributed by atoms with Gasteiger partial charge in [0.15, 0.2) is 5.65 Å². The number of aromatic nitrogens is 3. The standard InChI is InChI=1S/C13H17BrN4O/c14-8-6-9-12(16-7-8)18(13(15)17-9)10-4-2-1-3-5-11(10)19/h6-7,10-11,19H,1-5H2,(H2,15,17). The molecule has 5 nitrogen and oxygen atoms in total. The molecule has 2 unspecified atom stereocenters. The van der Waals surface area contributed by atoms with Gasteiger partial charge in [-0.15, -0.1) is 0 Å². The lowest BCUT2D eigenvalue weighted by molar-refractivity contribution is 0.108. The number of nitrogens with zero attached hydrogens (tertiary/aromatic N) is 3. The molecule has 0 aromatic carbocycles. The van der Waals surface area contributed by atoms with Crippen LogP contribution in [0.5, 0.6) is 0 Å². The Labute approximate surface area is 120 Å². The molecule has 2 heterocycles. The number of nitrogens with two attached hydrogens (primary N) is 1. The molecule has 0 aliphatic heterocycles. The van der Waals surface area contributed by atoms with E-state index in [1.54, 1.807) is 6.20 Å². The largest absolute Gasteiger partial charge is 0.391 e. The summed E-state index contributed by atoms with van der Waals surface area (Å²) in [7, 11) is 0. The molecule has 19 heavy (non-hydrogen) atoms. The minimum absolute atomic E-state index is 0.0128. The molecule has 1 aliphatic rings. The van der Waals surface area contributed by atoms with E-state index in [2.05, 4.69) is 25.9 Å². The Hall–Kier alpha value is -1.14. The minimum Gasteiger partial charge on any atom is -0.391 e. The van der Waals surface area contributed by atoms with Gasteiger partial charge in [0, 0.05) is 10.7 Å². The Morgan fingerprint density at radius 2 is 2.11 bits per heavy atom. The Bertz CT molecular complexity index is 598. The van der Waals surface area contributed by atoms with Crippen molar-refractivity contribution in [3.05, 3.63) is 16.7 Å². The molecule has 1 saturated carbocycles. The number of hydrogen-bond donors (Lipinski definition) is 2. The molecule has 1 fully saturated rings. The molecule has 0 bridgehead atoms. The van der Waals surface area contributed by atoms with Crippen molar-refractivity contribution in [2.45, 2.75) is 44.2 Å². The second-order valence-electron chi connectivity index (χ2n) is 5.11.